The third-order valence-corrected chi connectivity index (χ3v) is 8.28. The fraction of sp³-hybridized carbons (Fsp3) is 0.355. The second-order valence-electron chi connectivity index (χ2n) is 10.2. The molecule has 0 unspecified atom stereocenters. The maximum Gasteiger partial charge on any atom is 0.244 e. The first-order valence-electron chi connectivity index (χ1n) is 13.8. The highest BCUT2D eigenvalue weighted by atomic mass is 32.2. The number of rotatable bonds is 12. The highest BCUT2D eigenvalue weighted by molar-refractivity contribution is 7.92. The van der Waals surface area contributed by atoms with Crippen molar-refractivity contribution in [2.24, 2.45) is 0 Å². The van der Waals surface area contributed by atoms with Crippen LogP contribution in [0.4, 0.5) is 10.1 Å². The van der Waals surface area contributed by atoms with Crippen LogP contribution in [0.3, 0.4) is 0 Å². The molecule has 2 amide bonds. The van der Waals surface area contributed by atoms with Crippen molar-refractivity contribution in [1.29, 1.82) is 0 Å². The summed E-state index contributed by atoms with van der Waals surface area (Å²) >= 11 is 0. The number of sulfonamides is 1. The van der Waals surface area contributed by atoms with E-state index in [-0.39, 0.29) is 24.2 Å². The van der Waals surface area contributed by atoms with E-state index >= 15 is 0 Å². The van der Waals surface area contributed by atoms with Crippen molar-refractivity contribution < 1.29 is 27.1 Å². The molecule has 0 aliphatic heterocycles. The van der Waals surface area contributed by atoms with E-state index in [1.807, 2.05) is 25.1 Å². The Bertz CT molecular complexity index is 1410. The maximum atomic E-state index is 13.8. The van der Waals surface area contributed by atoms with Gasteiger partial charge in [0.05, 0.1) is 11.9 Å². The summed E-state index contributed by atoms with van der Waals surface area (Å²) in [6, 6.07) is 20.5. The Labute approximate surface area is 241 Å². The van der Waals surface area contributed by atoms with Crippen molar-refractivity contribution >= 4 is 27.5 Å². The minimum absolute atomic E-state index is 0.0250. The van der Waals surface area contributed by atoms with Gasteiger partial charge in [-0.15, -0.1) is 0 Å². The predicted octanol–water partition coefficient (Wildman–Crippen LogP) is 5.25. The van der Waals surface area contributed by atoms with Crippen LogP contribution in [-0.4, -0.2) is 50.0 Å². The highest BCUT2D eigenvalue weighted by Crippen LogP contribution is 2.26. The average Bonchev–Trinajstić information content (AvgIpc) is 3.46. The summed E-state index contributed by atoms with van der Waals surface area (Å²) < 4.78 is 46.1. The number of nitrogens with one attached hydrogen (secondary N) is 1. The summed E-state index contributed by atoms with van der Waals surface area (Å²) in [5, 5.41) is 3.06. The number of carbonyl (C=O) groups is 2. The lowest BCUT2D eigenvalue weighted by Gasteiger charge is -2.33. The summed E-state index contributed by atoms with van der Waals surface area (Å²) in [6.45, 7) is 1.33. The molecule has 1 N–H and O–H groups in total. The first-order chi connectivity index (χ1) is 19.6. The number of amides is 2. The standard InChI is InChI=1S/C31H36FN3O5S/c1-3-29(31(37)33-25-9-7-8-10-25)34(21-23-13-15-24(32)16-14-23)30(36)22-35(41(2,38)39)26-17-19-28(20-18-26)40-27-11-5-4-6-12-27/h4-6,11-20,25,29H,3,7-10,21-22H2,1-2H3,(H,33,37)/t29-/m1/s1. The van der Waals surface area contributed by atoms with E-state index in [2.05, 4.69) is 5.32 Å². The van der Waals surface area contributed by atoms with Gasteiger partial charge in [0.15, 0.2) is 0 Å². The Kier molecular flexibility index (Phi) is 9.99. The van der Waals surface area contributed by atoms with Crippen LogP contribution < -0.4 is 14.4 Å². The van der Waals surface area contributed by atoms with Crippen LogP contribution in [0.15, 0.2) is 78.9 Å². The number of benzene rings is 3. The second-order valence-corrected chi connectivity index (χ2v) is 12.1. The molecule has 1 saturated carbocycles. The van der Waals surface area contributed by atoms with Crippen molar-refractivity contribution in [2.45, 2.75) is 57.7 Å². The molecule has 0 saturated heterocycles. The van der Waals surface area contributed by atoms with Gasteiger partial charge in [-0.2, -0.15) is 0 Å². The molecule has 0 radical (unpaired) electrons. The fourth-order valence-electron chi connectivity index (χ4n) is 4.99. The Morgan fingerprint density at radius 3 is 2.15 bits per heavy atom. The number of carbonyl (C=O) groups excluding carboxylic acids is 2. The van der Waals surface area contributed by atoms with Crippen LogP contribution in [-0.2, 0) is 26.2 Å². The van der Waals surface area contributed by atoms with Crippen LogP contribution in [0, 0.1) is 5.82 Å². The lowest BCUT2D eigenvalue weighted by Crippen LogP contribution is -2.53. The quantitative estimate of drug-likeness (QED) is 0.315. The largest absolute Gasteiger partial charge is 0.457 e. The van der Waals surface area contributed by atoms with Gasteiger partial charge in [0.25, 0.3) is 0 Å². The van der Waals surface area contributed by atoms with Gasteiger partial charge in [-0.05, 0) is 73.4 Å². The van der Waals surface area contributed by atoms with Gasteiger partial charge in [-0.1, -0.05) is 50.1 Å². The smallest absolute Gasteiger partial charge is 0.244 e. The molecule has 0 bridgehead atoms. The number of nitrogens with zero attached hydrogens (tertiary/aromatic N) is 2. The number of para-hydroxylation sites is 1. The number of hydrogen-bond acceptors (Lipinski definition) is 5. The molecule has 1 aliphatic rings. The first kappa shape index (κ1) is 30.0. The molecule has 0 spiro atoms. The SMILES string of the molecule is CC[C@H](C(=O)NC1CCCC1)N(Cc1ccc(F)cc1)C(=O)CN(c1ccc(Oc2ccccc2)cc1)S(C)(=O)=O. The summed E-state index contributed by atoms with van der Waals surface area (Å²) in [6.07, 6.45) is 5.22. The molecule has 0 heterocycles. The third-order valence-electron chi connectivity index (χ3n) is 7.14. The van der Waals surface area contributed by atoms with Gasteiger partial charge in [0.1, 0.15) is 29.9 Å². The van der Waals surface area contributed by atoms with Crippen molar-refractivity contribution in [2.75, 3.05) is 17.1 Å². The van der Waals surface area contributed by atoms with Crippen molar-refractivity contribution in [3.8, 4) is 11.5 Å². The summed E-state index contributed by atoms with van der Waals surface area (Å²) in [4.78, 5) is 28.6. The van der Waals surface area contributed by atoms with Gasteiger partial charge < -0.3 is 15.0 Å². The first-order valence-corrected chi connectivity index (χ1v) is 15.6. The Morgan fingerprint density at radius 1 is 0.951 bits per heavy atom. The normalized spacial score (nSPS) is 14.3. The highest BCUT2D eigenvalue weighted by Gasteiger charge is 2.33. The molecule has 41 heavy (non-hydrogen) atoms. The summed E-state index contributed by atoms with van der Waals surface area (Å²) in [5.41, 5.74) is 0.909. The maximum absolute atomic E-state index is 13.8. The molecular weight excluding hydrogens is 545 g/mol. The molecule has 1 aliphatic carbocycles. The van der Waals surface area contributed by atoms with Gasteiger partial charge in [-0.3, -0.25) is 13.9 Å². The lowest BCUT2D eigenvalue weighted by molar-refractivity contribution is -0.140. The van der Waals surface area contributed by atoms with E-state index < -0.39 is 34.3 Å². The monoisotopic (exact) mass is 581 g/mol. The van der Waals surface area contributed by atoms with Crippen molar-refractivity contribution in [3.05, 3.63) is 90.2 Å². The zero-order chi connectivity index (χ0) is 29.4. The van der Waals surface area contributed by atoms with Gasteiger partial charge >= 0.3 is 0 Å². The minimum atomic E-state index is -3.87. The molecule has 1 fully saturated rings. The van der Waals surface area contributed by atoms with Gasteiger partial charge in [0, 0.05) is 12.6 Å². The van der Waals surface area contributed by atoms with Crippen LogP contribution in [0.25, 0.3) is 0 Å². The second kappa shape index (κ2) is 13.6. The molecule has 1 atom stereocenters. The summed E-state index contributed by atoms with van der Waals surface area (Å²) in [5.74, 6) is -0.0952. The molecular formula is C31H36FN3O5S. The van der Waals surface area contributed by atoms with E-state index in [0.29, 0.717) is 23.5 Å². The molecule has 10 heteroatoms. The number of halogens is 1. The number of anilines is 1. The predicted molar refractivity (Wildman–Crippen MR) is 157 cm³/mol. The number of hydrogen-bond donors (Lipinski definition) is 1. The molecule has 3 aromatic carbocycles. The average molecular weight is 582 g/mol. The zero-order valence-electron chi connectivity index (χ0n) is 23.3. The molecule has 218 valence electrons. The number of ether oxygens (including phenoxy) is 1. The van der Waals surface area contributed by atoms with Crippen molar-refractivity contribution in [3.63, 3.8) is 0 Å². The van der Waals surface area contributed by atoms with Gasteiger partial charge in [-0.25, -0.2) is 12.8 Å². The zero-order valence-corrected chi connectivity index (χ0v) is 24.1. The lowest BCUT2D eigenvalue weighted by atomic mass is 10.1. The molecule has 3 aromatic rings. The topological polar surface area (TPSA) is 96.0 Å². The van der Waals surface area contributed by atoms with E-state index in [1.54, 1.807) is 48.5 Å². The van der Waals surface area contributed by atoms with E-state index in [9.17, 15) is 22.4 Å². The minimum Gasteiger partial charge on any atom is -0.457 e. The Morgan fingerprint density at radius 2 is 1.56 bits per heavy atom. The van der Waals surface area contributed by atoms with Crippen LogP contribution in [0.1, 0.15) is 44.6 Å². The molecule has 0 aromatic heterocycles. The van der Waals surface area contributed by atoms with E-state index in [0.717, 1.165) is 36.2 Å². The van der Waals surface area contributed by atoms with Gasteiger partial charge in [0.2, 0.25) is 21.8 Å². The van der Waals surface area contributed by atoms with Crippen LogP contribution >= 0.6 is 0 Å². The molecule has 4 rings (SSSR count). The fourth-order valence-corrected chi connectivity index (χ4v) is 5.84. The van der Waals surface area contributed by atoms with Crippen LogP contribution in [0.2, 0.25) is 0 Å². The summed E-state index contributed by atoms with van der Waals surface area (Å²) in [7, 11) is -3.87. The molecule has 8 nitrogen and oxygen atoms in total. The van der Waals surface area contributed by atoms with E-state index in [4.69, 9.17) is 4.74 Å². The Balaban J connectivity index is 1.58. The van der Waals surface area contributed by atoms with E-state index in [1.165, 1.54) is 17.0 Å². The van der Waals surface area contributed by atoms with Crippen LogP contribution in [0.5, 0.6) is 11.5 Å². The Hall–Kier alpha value is -3.92. The third kappa shape index (κ3) is 8.29. The van der Waals surface area contributed by atoms with Crippen molar-refractivity contribution in [1.82, 2.24) is 10.2 Å².